The Balaban J connectivity index is 1.22. The van der Waals surface area contributed by atoms with Gasteiger partial charge in [0.05, 0.1) is 11.8 Å². The molecule has 4 unspecified atom stereocenters. The molecule has 3 aliphatic rings. The molecule has 0 radical (unpaired) electrons. The predicted octanol–water partition coefficient (Wildman–Crippen LogP) is 1.86. The average molecular weight is 380 g/mol. The van der Waals surface area contributed by atoms with Crippen molar-refractivity contribution in [1.29, 1.82) is 0 Å². The minimum atomic E-state index is -0.0979. The summed E-state index contributed by atoms with van der Waals surface area (Å²) in [6.45, 7) is 3.91. The Kier molecular flexibility index (Phi) is 5.20. The van der Waals surface area contributed by atoms with Crippen LogP contribution in [0.3, 0.4) is 0 Å². The highest BCUT2D eigenvalue weighted by Crippen LogP contribution is 2.52. The Bertz CT molecular complexity index is 802. The molecular formula is C22H28N4O2. The fourth-order valence-corrected chi connectivity index (χ4v) is 4.86. The third kappa shape index (κ3) is 3.43. The number of imide groups is 1. The lowest BCUT2D eigenvalue weighted by Crippen LogP contribution is -2.39. The van der Waals surface area contributed by atoms with Crippen molar-refractivity contribution in [1.82, 2.24) is 15.5 Å². The lowest BCUT2D eigenvalue weighted by atomic mass is 9.85. The lowest BCUT2D eigenvalue weighted by molar-refractivity contribution is -0.140. The molecule has 6 nitrogen and oxygen atoms in total. The largest absolute Gasteiger partial charge is 0.356 e. The molecule has 2 aliphatic carbocycles. The normalized spacial score (nSPS) is 28.2. The molecule has 2 bridgehead atoms. The number of likely N-dealkylation sites (tertiary alicyclic amines) is 1. The van der Waals surface area contributed by atoms with Crippen LogP contribution in [0.4, 0.5) is 0 Å². The number of carbonyl (C=O) groups is 2. The first-order valence-corrected chi connectivity index (χ1v) is 10.1. The number of aliphatic imine (C=N–C) groups is 1. The Morgan fingerprint density at radius 3 is 2.50 bits per heavy atom. The molecule has 148 valence electrons. The zero-order valence-electron chi connectivity index (χ0n) is 16.5. The quantitative estimate of drug-likeness (QED) is 0.260. The van der Waals surface area contributed by atoms with Crippen LogP contribution >= 0.6 is 0 Å². The number of aryl methyl sites for hydroxylation is 1. The van der Waals surface area contributed by atoms with Gasteiger partial charge in [0.15, 0.2) is 5.96 Å². The minimum absolute atomic E-state index is 0.0359. The number of hydrogen-bond acceptors (Lipinski definition) is 3. The number of guanidine groups is 1. The number of hydrogen-bond donors (Lipinski definition) is 2. The molecule has 2 amide bonds. The average Bonchev–Trinajstić information content (AvgIpc) is 3.36. The van der Waals surface area contributed by atoms with Crippen LogP contribution < -0.4 is 10.6 Å². The highest BCUT2D eigenvalue weighted by molar-refractivity contribution is 6.06. The van der Waals surface area contributed by atoms with Gasteiger partial charge in [-0.2, -0.15) is 0 Å². The van der Waals surface area contributed by atoms with E-state index in [4.69, 9.17) is 0 Å². The molecular weight excluding hydrogens is 352 g/mol. The summed E-state index contributed by atoms with van der Waals surface area (Å²) in [6, 6.07) is 8.34. The summed E-state index contributed by atoms with van der Waals surface area (Å²) in [5.41, 5.74) is 2.43. The van der Waals surface area contributed by atoms with E-state index < -0.39 is 0 Å². The van der Waals surface area contributed by atoms with Gasteiger partial charge in [-0.15, -0.1) is 0 Å². The SMILES string of the molecule is CN=C(NCCCN1C(=O)C2C3C=CC(C3)C2C1=O)NCc1cccc(C)c1. The smallest absolute Gasteiger partial charge is 0.233 e. The van der Waals surface area contributed by atoms with Gasteiger partial charge in [0, 0.05) is 26.7 Å². The van der Waals surface area contributed by atoms with E-state index in [1.807, 2.05) is 6.07 Å². The van der Waals surface area contributed by atoms with Crippen LogP contribution in [0.2, 0.25) is 0 Å². The molecule has 4 atom stereocenters. The first-order chi connectivity index (χ1) is 13.6. The maximum absolute atomic E-state index is 12.7. The topological polar surface area (TPSA) is 73.8 Å². The molecule has 1 aromatic carbocycles. The van der Waals surface area contributed by atoms with Crippen LogP contribution in [0.15, 0.2) is 41.4 Å². The van der Waals surface area contributed by atoms with Crippen LogP contribution in [-0.4, -0.2) is 42.8 Å². The third-order valence-electron chi connectivity index (χ3n) is 6.18. The maximum atomic E-state index is 12.7. The number of allylic oxidation sites excluding steroid dienone is 2. The highest BCUT2D eigenvalue weighted by atomic mass is 16.2. The van der Waals surface area contributed by atoms with Gasteiger partial charge in [-0.25, -0.2) is 0 Å². The van der Waals surface area contributed by atoms with E-state index >= 15 is 0 Å². The molecule has 1 aromatic rings. The van der Waals surface area contributed by atoms with Crippen LogP contribution in [-0.2, 0) is 16.1 Å². The first kappa shape index (κ1) is 18.7. The summed E-state index contributed by atoms with van der Waals surface area (Å²) in [5.74, 6) is 1.15. The summed E-state index contributed by atoms with van der Waals surface area (Å²) in [5, 5.41) is 6.56. The standard InChI is InChI=1S/C22H28N4O2/c1-14-5-3-6-15(11-14)13-25-22(23-2)24-9-4-10-26-20(27)18-16-7-8-17(12-16)19(18)21(26)28/h3,5-8,11,16-19H,4,9-10,12-13H2,1-2H3,(H2,23,24,25). The summed E-state index contributed by atoms with van der Waals surface area (Å²) < 4.78 is 0. The molecule has 2 fully saturated rings. The molecule has 2 N–H and O–H groups in total. The summed E-state index contributed by atoms with van der Waals surface area (Å²) in [6.07, 6.45) is 5.95. The molecule has 0 aromatic heterocycles. The number of nitrogens with one attached hydrogen (secondary N) is 2. The van der Waals surface area contributed by atoms with E-state index in [0.717, 1.165) is 12.4 Å². The van der Waals surface area contributed by atoms with E-state index in [2.05, 4.69) is 52.9 Å². The second-order valence-corrected chi connectivity index (χ2v) is 8.02. The van der Waals surface area contributed by atoms with Gasteiger partial charge in [-0.1, -0.05) is 42.0 Å². The number of nitrogens with zero attached hydrogens (tertiary/aromatic N) is 2. The van der Waals surface area contributed by atoms with Crippen molar-refractivity contribution in [2.24, 2.45) is 28.7 Å². The fourth-order valence-electron chi connectivity index (χ4n) is 4.86. The van der Waals surface area contributed by atoms with Gasteiger partial charge in [-0.05, 0) is 37.2 Å². The molecule has 4 rings (SSSR count). The van der Waals surface area contributed by atoms with E-state index in [0.29, 0.717) is 26.1 Å². The van der Waals surface area contributed by atoms with E-state index in [1.54, 1.807) is 7.05 Å². The van der Waals surface area contributed by atoms with Crippen LogP contribution in [0, 0.1) is 30.6 Å². The zero-order chi connectivity index (χ0) is 19.7. The molecule has 1 aliphatic heterocycles. The van der Waals surface area contributed by atoms with Crippen molar-refractivity contribution < 1.29 is 9.59 Å². The number of fused-ring (bicyclic) bond motifs is 5. The van der Waals surface area contributed by atoms with Crippen LogP contribution in [0.1, 0.15) is 24.0 Å². The molecule has 1 saturated carbocycles. The Morgan fingerprint density at radius 2 is 1.86 bits per heavy atom. The van der Waals surface area contributed by atoms with Crippen molar-refractivity contribution >= 4 is 17.8 Å². The van der Waals surface area contributed by atoms with Gasteiger partial charge in [-0.3, -0.25) is 19.5 Å². The van der Waals surface area contributed by atoms with Crippen molar-refractivity contribution in [2.75, 3.05) is 20.1 Å². The van der Waals surface area contributed by atoms with E-state index in [1.165, 1.54) is 16.0 Å². The highest BCUT2D eigenvalue weighted by Gasteiger charge is 2.58. The molecule has 6 heteroatoms. The molecule has 1 heterocycles. The van der Waals surface area contributed by atoms with Crippen molar-refractivity contribution in [3.63, 3.8) is 0 Å². The Morgan fingerprint density at radius 1 is 1.14 bits per heavy atom. The summed E-state index contributed by atoms with van der Waals surface area (Å²) in [7, 11) is 1.74. The van der Waals surface area contributed by atoms with Crippen molar-refractivity contribution in [3.8, 4) is 0 Å². The monoisotopic (exact) mass is 380 g/mol. The molecule has 1 saturated heterocycles. The van der Waals surface area contributed by atoms with Crippen LogP contribution in [0.25, 0.3) is 0 Å². The predicted molar refractivity (Wildman–Crippen MR) is 108 cm³/mol. The second kappa shape index (κ2) is 7.78. The number of benzene rings is 1. The second-order valence-electron chi connectivity index (χ2n) is 8.02. The Hall–Kier alpha value is -2.63. The zero-order valence-corrected chi connectivity index (χ0v) is 16.5. The number of carbonyl (C=O) groups excluding carboxylic acids is 2. The summed E-state index contributed by atoms with van der Waals surface area (Å²) >= 11 is 0. The first-order valence-electron chi connectivity index (χ1n) is 10.1. The fraction of sp³-hybridized carbons (Fsp3) is 0.500. The van der Waals surface area contributed by atoms with E-state index in [9.17, 15) is 9.59 Å². The van der Waals surface area contributed by atoms with E-state index in [-0.39, 0.29) is 35.5 Å². The van der Waals surface area contributed by atoms with Gasteiger partial charge in [0.25, 0.3) is 0 Å². The third-order valence-corrected chi connectivity index (χ3v) is 6.18. The summed E-state index contributed by atoms with van der Waals surface area (Å²) in [4.78, 5) is 31.1. The number of amides is 2. The lowest BCUT2D eigenvalue weighted by Gasteiger charge is -2.18. The van der Waals surface area contributed by atoms with Crippen LogP contribution in [0.5, 0.6) is 0 Å². The maximum Gasteiger partial charge on any atom is 0.233 e. The van der Waals surface area contributed by atoms with Gasteiger partial charge in [0.2, 0.25) is 11.8 Å². The molecule has 28 heavy (non-hydrogen) atoms. The van der Waals surface area contributed by atoms with Gasteiger partial charge in [0.1, 0.15) is 0 Å². The van der Waals surface area contributed by atoms with Crippen molar-refractivity contribution in [2.45, 2.75) is 26.3 Å². The van der Waals surface area contributed by atoms with Gasteiger partial charge >= 0.3 is 0 Å². The van der Waals surface area contributed by atoms with Crippen molar-refractivity contribution in [3.05, 3.63) is 47.5 Å². The minimum Gasteiger partial charge on any atom is -0.356 e. The number of rotatable bonds is 6. The Labute approximate surface area is 166 Å². The van der Waals surface area contributed by atoms with Gasteiger partial charge < -0.3 is 10.6 Å². The molecule has 0 spiro atoms.